The lowest BCUT2D eigenvalue weighted by atomic mass is 10.9. The Labute approximate surface area is 101 Å². The molecule has 0 aliphatic rings. The molecule has 0 fully saturated rings. The van der Waals surface area contributed by atoms with Gasteiger partial charge in [0.25, 0.3) is 0 Å². The quantitative estimate of drug-likeness (QED) is 0.576. The van der Waals surface area contributed by atoms with Crippen molar-refractivity contribution in [3.8, 4) is 0 Å². The molecule has 0 aromatic carbocycles. The van der Waals surface area contributed by atoms with E-state index >= 15 is 0 Å². The second-order valence-electron chi connectivity index (χ2n) is 5.46. The fourth-order valence-electron chi connectivity index (χ4n) is 1.59. The van der Waals surface area contributed by atoms with Crippen molar-refractivity contribution in [3.05, 3.63) is 0 Å². The molecular weight excluding hydrogens is 260 g/mol. The van der Waals surface area contributed by atoms with E-state index in [0.717, 1.165) is 24.2 Å². The molecule has 1 N–H and O–H groups in total. The van der Waals surface area contributed by atoms with E-state index in [1.807, 2.05) is 13.8 Å². The molecule has 0 atom stereocenters. The second kappa shape index (κ2) is 5.77. The van der Waals surface area contributed by atoms with Gasteiger partial charge in [0.05, 0.1) is 0 Å². The molecular formula is C9H24O4SSi2. The Bertz CT molecular complexity index is 304. The zero-order chi connectivity index (χ0) is 13.0. The largest absolute Gasteiger partial charge is 0.387 e. The van der Waals surface area contributed by atoms with Crippen molar-refractivity contribution >= 4 is 26.8 Å². The average molecular weight is 285 g/mol. The van der Waals surface area contributed by atoms with E-state index in [0.29, 0.717) is 0 Å². The molecule has 0 saturated heterocycles. The third-order valence-electron chi connectivity index (χ3n) is 2.90. The van der Waals surface area contributed by atoms with Gasteiger partial charge < -0.3 is 0 Å². The summed E-state index contributed by atoms with van der Waals surface area (Å²) >= 11 is 0. The maximum absolute atomic E-state index is 10.9. The Kier molecular flexibility index (Phi) is 5.88. The molecule has 7 heteroatoms. The van der Waals surface area contributed by atoms with Crippen molar-refractivity contribution in [2.45, 2.75) is 57.7 Å². The summed E-state index contributed by atoms with van der Waals surface area (Å²) in [6, 6.07) is 3.34. The summed E-state index contributed by atoms with van der Waals surface area (Å²) in [5.74, 6) is 0. The van der Waals surface area contributed by atoms with Crippen LogP contribution in [-0.2, 0) is 14.3 Å². The molecule has 0 unspecified atom stereocenters. The van der Waals surface area contributed by atoms with Gasteiger partial charge in [-0.25, -0.2) is 0 Å². The molecule has 0 heterocycles. The fourth-order valence-corrected chi connectivity index (χ4v) is 10.7. The van der Waals surface area contributed by atoms with Gasteiger partial charge in [0, 0.05) is 8.07 Å². The van der Waals surface area contributed by atoms with Gasteiger partial charge in [-0.2, -0.15) is 8.42 Å². The van der Waals surface area contributed by atoms with E-state index in [4.69, 9.17) is 8.42 Å². The van der Waals surface area contributed by atoms with E-state index in [9.17, 15) is 8.42 Å². The normalized spacial score (nSPS) is 14.1. The van der Waals surface area contributed by atoms with Crippen molar-refractivity contribution in [1.82, 2.24) is 0 Å². The predicted molar refractivity (Wildman–Crippen MR) is 72.3 cm³/mol. The molecule has 0 saturated carbocycles. The van der Waals surface area contributed by atoms with E-state index in [1.165, 1.54) is 0 Å². The standard InChI is InChI=1S/C9H24O4SSi2/c1-6-16(7-2,13-14(10,11)12)9-8-15(3,4)5/h6-9H2,1-5H3,(H,10,11,12). The summed E-state index contributed by atoms with van der Waals surface area (Å²) in [7, 11) is -7.79. The molecule has 0 aromatic heterocycles. The van der Waals surface area contributed by atoms with Crippen LogP contribution in [0.15, 0.2) is 0 Å². The fraction of sp³-hybridized carbons (Fsp3) is 1.00. The Morgan fingerprint density at radius 3 is 1.75 bits per heavy atom. The maximum Gasteiger partial charge on any atom is 0.387 e. The van der Waals surface area contributed by atoms with Crippen molar-refractivity contribution in [2.24, 2.45) is 0 Å². The minimum Gasteiger partial charge on any atom is -0.294 e. The minimum absolute atomic E-state index is 0.730. The summed E-state index contributed by atoms with van der Waals surface area (Å²) < 4.78 is 35.6. The van der Waals surface area contributed by atoms with E-state index < -0.39 is 26.8 Å². The molecule has 0 rings (SSSR count). The van der Waals surface area contributed by atoms with Crippen molar-refractivity contribution < 1.29 is 16.8 Å². The highest BCUT2D eigenvalue weighted by Crippen LogP contribution is 2.28. The highest BCUT2D eigenvalue weighted by Gasteiger charge is 2.37. The van der Waals surface area contributed by atoms with E-state index in [-0.39, 0.29) is 0 Å². The number of rotatable bonds is 7. The van der Waals surface area contributed by atoms with Crippen LogP contribution in [0.3, 0.4) is 0 Å². The Morgan fingerprint density at radius 2 is 1.50 bits per heavy atom. The van der Waals surface area contributed by atoms with Crippen LogP contribution in [0.5, 0.6) is 0 Å². The first kappa shape index (κ1) is 16.3. The number of hydrogen-bond donors (Lipinski definition) is 1. The minimum atomic E-state index is -4.30. The van der Waals surface area contributed by atoms with Crippen LogP contribution in [0.25, 0.3) is 0 Å². The zero-order valence-electron chi connectivity index (χ0n) is 10.9. The van der Waals surface area contributed by atoms with Crippen LogP contribution >= 0.6 is 0 Å². The van der Waals surface area contributed by atoms with Crippen molar-refractivity contribution in [3.63, 3.8) is 0 Å². The zero-order valence-corrected chi connectivity index (χ0v) is 13.7. The summed E-state index contributed by atoms with van der Waals surface area (Å²) in [6.07, 6.45) is 0. The summed E-state index contributed by atoms with van der Waals surface area (Å²) in [5.41, 5.74) is 0. The second-order valence-corrected chi connectivity index (χ2v) is 16.9. The predicted octanol–water partition coefficient (Wildman–Crippen LogP) is 3.13. The Hall–Kier alpha value is 0.304. The summed E-state index contributed by atoms with van der Waals surface area (Å²) in [5, 5.41) is 0. The van der Waals surface area contributed by atoms with Crippen molar-refractivity contribution in [1.29, 1.82) is 0 Å². The molecule has 0 amide bonds. The Balaban J connectivity index is 4.70. The topological polar surface area (TPSA) is 63.6 Å². The van der Waals surface area contributed by atoms with Gasteiger partial charge in [0.1, 0.15) is 0 Å². The Morgan fingerprint density at radius 1 is 1.06 bits per heavy atom. The lowest BCUT2D eigenvalue weighted by Crippen LogP contribution is -2.40. The average Bonchev–Trinajstić information content (AvgIpc) is 2.09. The first-order valence-electron chi connectivity index (χ1n) is 5.72. The molecule has 16 heavy (non-hydrogen) atoms. The monoisotopic (exact) mass is 284 g/mol. The molecule has 0 radical (unpaired) electrons. The van der Waals surface area contributed by atoms with Crippen LogP contribution in [0, 0.1) is 0 Å². The first-order chi connectivity index (χ1) is 7.04. The van der Waals surface area contributed by atoms with Crippen LogP contribution in [0.1, 0.15) is 13.8 Å². The molecule has 0 bridgehead atoms. The van der Waals surface area contributed by atoms with Gasteiger partial charge in [-0.05, 0) is 18.1 Å². The van der Waals surface area contributed by atoms with Crippen LogP contribution in [0.4, 0.5) is 0 Å². The molecule has 0 aromatic rings. The maximum atomic E-state index is 10.9. The summed E-state index contributed by atoms with van der Waals surface area (Å²) in [4.78, 5) is 0. The van der Waals surface area contributed by atoms with Crippen molar-refractivity contribution in [2.75, 3.05) is 0 Å². The third kappa shape index (κ3) is 6.79. The van der Waals surface area contributed by atoms with Crippen LogP contribution in [-0.4, -0.2) is 29.4 Å². The molecule has 0 aliphatic carbocycles. The van der Waals surface area contributed by atoms with Gasteiger partial charge in [-0.3, -0.25) is 8.42 Å². The highest BCUT2D eigenvalue weighted by atomic mass is 32.3. The lowest BCUT2D eigenvalue weighted by molar-refractivity contribution is 0.379. The van der Waals surface area contributed by atoms with E-state index in [1.54, 1.807) is 0 Å². The van der Waals surface area contributed by atoms with Gasteiger partial charge in [0.2, 0.25) is 8.32 Å². The van der Waals surface area contributed by atoms with E-state index in [2.05, 4.69) is 19.6 Å². The van der Waals surface area contributed by atoms with Gasteiger partial charge in [-0.1, -0.05) is 39.5 Å². The number of hydrogen-bond acceptors (Lipinski definition) is 3. The molecule has 4 nitrogen and oxygen atoms in total. The third-order valence-corrected chi connectivity index (χ3v) is 11.1. The van der Waals surface area contributed by atoms with Gasteiger partial charge >= 0.3 is 10.4 Å². The lowest BCUT2D eigenvalue weighted by Gasteiger charge is -2.29. The highest BCUT2D eigenvalue weighted by molar-refractivity contribution is 7.82. The van der Waals surface area contributed by atoms with Gasteiger partial charge in [-0.15, -0.1) is 0 Å². The molecule has 98 valence electrons. The smallest absolute Gasteiger partial charge is 0.294 e. The SMILES string of the molecule is CC[Si](CC)(CC[Si](C)(C)C)OS(=O)(=O)O. The molecule has 0 aliphatic heterocycles. The summed E-state index contributed by atoms with van der Waals surface area (Å²) in [6.45, 7) is 10.7. The van der Waals surface area contributed by atoms with Gasteiger partial charge in [0.15, 0.2) is 0 Å². The van der Waals surface area contributed by atoms with Crippen LogP contribution < -0.4 is 0 Å². The van der Waals surface area contributed by atoms with Crippen LogP contribution in [0.2, 0.25) is 43.8 Å². The first-order valence-corrected chi connectivity index (χ1v) is 13.3. The molecule has 0 spiro atoms.